The Morgan fingerprint density at radius 3 is 2.58 bits per heavy atom. The summed E-state index contributed by atoms with van der Waals surface area (Å²) >= 11 is 0. The van der Waals surface area contributed by atoms with Gasteiger partial charge in [-0.2, -0.15) is 0 Å². The predicted octanol–water partition coefficient (Wildman–Crippen LogP) is 7.06. The Morgan fingerprint density at radius 2 is 1.84 bits per heavy atom. The van der Waals surface area contributed by atoms with Gasteiger partial charge in [-0.15, -0.1) is 6.42 Å². The lowest BCUT2D eigenvalue weighted by Gasteiger charge is -2.24. The Kier molecular flexibility index (Phi) is 5.40. The van der Waals surface area contributed by atoms with E-state index in [1.807, 2.05) is 0 Å². The molecule has 0 amide bonds. The van der Waals surface area contributed by atoms with Crippen LogP contribution in [0.4, 0.5) is 5.69 Å². The second kappa shape index (κ2) is 7.89. The first-order valence-corrected chi connectivity index (χ1v) is 11.2. The highest BCUT2D eigenvalue weighted by Crippen LogP contribution is 2.43. The van der Waals surface area contributed by atoms with Gasteiger partial charge >= 0.3 is 0 Å². The van der Waals surface area contributed by atoms with E-state index in [9.17, 15) is 0 Å². The van der Waals surface area contributed by atoms with Gasteiger partial charge < -0.3 is 5.32 Å². The molecule has 2 aliphatic heterocycles. The zero-order valence-corrected chi connectivity index (χ0v) is 19.3. The maximum Gasteiger partial charge on any atom is 0.0674 e. The van der Waals surface area contributed by atoms with Gasteiger partial charge in [0.25, 0.3) is 0 Å². The average molecular weight is 409 g/mol. The van der Waals surface area contributed by atoms with E-state index in [0.717, 1.165) is 24.2 Å². The average Bonchev–Trinajstić information content (AvgIpc) is 3.10. The second-order valence-corrected chi connectivity index (χ2v) is 9.78. The molecule has 0 bridgehead atoms. The third-order valence-corrected chi connectivity index (χ3v) is 6.83. The van der Waals surface area contributed by atoms with E-state index in [1.165, 1.54) is 40.1 Å². The number of rotatable bonds is 3. The van der Waals surface area contributed by atoms with Crippen LogP contribution in [0.15, 0.2) is 87.8 Å². The summed E-state index contributed by atoms with van der Waals surface area (Å²) in [5.41, 5.74) is 9.84. The fourth-order valence-corrected chi connectivity index (χ4v) is 4.91. The van der Waals surface area contributed by atoms with E-state index in [4.69, 9.17) is 11.4 Å². The van der Waals surface area contributed by atoms with Crippen LogP contribution < -0.4 is 5.32 Å². The van der Waals surface area contributed by atoms with Gasteiger partial charge in [0.05, 0.1) is 11.4 Å². The first-order valence-electron chi connectivity index (χ1n) is 11.2. The molecule has 0 spiro atoms. The van der Waals surface area contributed by atoms with Crippen LogP contribution in [0.3, 0.4) is 0 Å². The number of hydrogen-bond acceptors (Lipinski definition) is 2. The monoisotopic (exact) mass is 408 g/mol. The standard InChI is InChI=1S/C29H32N2/c1-7-8-14-23-20(2)30-26(28(23,3)4)18-21-12-11-13-22(17-21)19-27-29(5,6)24-15-9-10-16-25(24)31-27/h1,8-10,14-19,30H,11-13H2,2-6H3/b14-8-,22-19+,26-18+. The molecule has 0 saturated carbocycles. The van der Waals surface area contributed by atoms with Crippen LogP contribution in [0.1, 0.15) is 59.4 Å². The number of nitrogens with one attached hydrogen (secondary N) is 1. The van der Waals surface area contributed by atoms with Gasteiger partial charge in [-0.25, -0.2) is 0 Å². The van der Waals surface area contributed by atoms with E-state index in [0.29, 0.717) is 0 Å². The first kappa shape index (κ1) is 21.2. The summed E-state index contributed by atoms with van der Waals surface area (Å²) in [6.45, 7) is 11.2. The van der Waals surface area contributed by atoms with Crippen molar-refractivity contribution in [3.63, 3.8) is 0 Å². The minimum Gasteiger partial charge on any atom is -0.362 e. The lowest BCUT2D eigenvalue weighted by atomic mass is 9.79. The molecular formula is C29H32N2. The molecule has 2 nitrogen and oxygen atoms in total. The van der Waals surface area contributed by atoms with Crippen molar-refractivity contribution >= 4 is 11.4 Å². The van der Waals surface area contributed by atoms with Gasteiger partial charge in [-0.1, -0.05) is 57.9 Å². The van der Waals surface area contributed by atoms with Crippen LogP contribution in [-0.4, -0.2) is 5.71 Å². The van der Waals surface area contributed by atoms with Crippen molar-refractivity contribution in [2.24, 2.45) is 10.4 Å². The van der Waals surface area contributed by atoms with E-state index in [-0.39, 0.29) is 10.8 Å². The highest BCUT2D eigenvalue weighted by Gasteiger charge is 2.35. The summed E-state index contributed by atoms with van der Waals surface area (Å²) in [4.78, 5) is 4.95. The zero-order chi connectivity index (χ0) is 22.2. The molecule has 1 aromatic rings. The Bertz CT molecular complexity index is 1140. The maximum atomic E-state index is 5.43. The van der Waals surface area contributed by atoms with E-state index >= 15 is 0 Å². The topological polar surface area (TPSA) is 24.4 Å². The highest BCUT2D eigenvalue weighted by molar-refractivity contribution is 6.08. The van der Waals surface area contributed by atoms with Crippen molar-refractivity contribution in [3.05, 3.63) is 88.3 Å². The molecule has 158 valence electrons. The molecular weight excluding hydrogens is 376 g/mol. The zero-order valence-electron chi connectivity index (χ0n) is 19.3. The number of para-hydroxylation sites is 1. The summed E-state index contributed by atoms with van der Waals surface area (Å²) in [5.74, 6) is 2.61. The largest absolute Gasteiger partial charge is 0.362 e. The molecule has 0 atom stereocenters. The molecule has 0 fully saturated rings. The van der Waals surface area contributed by atoms with Gasteiger partial charge in [-0.3, -0.25) is 4.99 Å². The first-order chi connectivity index (χ1) is 14.7. The maximum absolute atomic E-state index is 5.43. The lowest BCUT2D eigenvalue weighted by Crippen LogP contribution is -2.24. The number of benzene rings is 1. The van der Waals surface area contributed by atoms with Crippen molar-refractivity contribution in [1.29, 1.82) is 0 Å². The van der Waals surface area contributed by atoms with Crippen LogP contribution in [0.2, 0.25) is 0 Å². The number of nitrogens with zero attached hydrogens (tertiary/aromatic N) is 1. The molecule has 1 aromatic carbocycles. The van der Waals surface area contributed by atoms with Gasteiger partial charge in [0.1, 0.15) is 0 Å². The number of fused-ring (bicyclic) bond motifs is 1. The molecule has 0 unspecified atom stereocenters. The van der Waals surface area contributed by atoms with Crippen molar-refractivity contribution in [2.75, 3.05) is 0 Å². The van der Waals surface area contributed by atoms with Crippen molar-refractivity contribution in [3.8, 4) is 12.3 Å². The molecule has 0 radical (unpaired) electrons. The molecule has 2 heteroatoms. The molecule has 4 rings (SSSR count). The predicted molar refractivity (Wildman–Crippen MR) is 132 cm³/mol. The van der Waals surface area contributed by atoms with E-state index < -0.39 is 0 Å². The van der Waals surface area contributed by atoms with Gasteiger partial charge in [0.15, 0.2) is 0 Å². The highest BCUT2D eigenvalue weighted by atomic mass is 15.0. The van der Waals surface area contributed by atoms with Crippen LogP contribution in [0, 0.1) is 17.8 Å². The quantitative estimate of drug-likeness (QED) is 0.532. The van der Waals surface area contributed by atoms with E-state index in [2.05, 4.69) is 94.4 Å². The fraction of sp³-hybridized carbons (Fsp3) is 0.345. The third-order valence-electron chi connectivity index (χ3n) is 6.83. The molecule has 0 saturated heterocycles. The smallest absolute Gasteiger partial charge is 0.0674 e. The normalized spacial score (nSPS) is 24.3. The number of hydrogen-bond donors (Lipinski definition) is 1. The Labute approximate surface area is 187 Å². The van der Waals surface area contributed by atoms with Gasteiger partial charge in [0, 0.05) is 22.2 Å². The van der Waals surface area contributed by atoms with Crippen LogP contribution in [-0.2, 0) is 5.41 Å². The minimum atomic E-state index is -0.0846. The Balaban J connectivity index is 1.62. The summed E-state index contributed by atoms with van der Waals surface area (Å²) in [6, 6.07) is 8.49. The summed E-state index contributed by atoms with van der Waals surface area (Å²) < 4.78 is 0. The molecule has 0 aromatic heterocycles. The molecule has 3 aliphatic rings. The lowest BCUT2D eigenvalue weighted by molar-refractivity contribution is 0.555. The minimum absolute atomic E-state index is 0.0538. The van der Waals surface area contributed by atoms with Crippen LogP contribution in [0.25, 0.3) is 0 Å². The molecule has 2 heterocycles. The number of allylic oxidation sites excluding steroid dienone is 9. The van der Waals surface area contributed by atoms with Crippen LogP contribution in [0.5, 0.6) is 0 Å². The fourth-order valence-electron chi connectivity index (χ4n) is 4.91. The second-order valence-electron chi connectivity index (χ2n) is 9.78. The SMILES string of the molecule is C#C/C=C\C1=C(C)N/C(=C/C2=CC(=C/C3=Nc4ccccc4C3(C)C)/CCC2)C1(C)C. The number of terminal acetylenes is 1. The molecule has 31 heavy (non-hydrogen) atoms. The summed E-state index contributed by atoms with van der Waals surface area (Å²) in [7, 11) is 0. The van der Waals surface area contributed by atoms with Crippen LogP contribution >= 0.6 is 0 Å². The van der Waals surface area contributed by atoms with Crippen molar-refractivity contribution < 1.29 is 0 Å². The summed E-state index contributed by atoms with van der Waals surface area (Å²) in [6.07, 6.45) is 19.7. The van der Waals surface area contributed by atoms with Crippen molar-refractivity contribution in [2.45, 2.75) is 59.3 Å². The third kappa shape index (κ3) is 3.86. The van der Waals surface area contributed by atoms with Gasteiger partial charge in [0.2, 0.25) is 0 Å². The number of aliphatic imine (C=N–C) groups is 1. The Hall–Kier alpha value is -3.05. The molecule has 1 N–H and O–H groups in total. The summed E-state index contributed by atoms with van der Waals surface area (Å²) in [5, 5.41) is 3.60. The van der Waals surface area contributed by atoms with E-state index in [1.54, 1.807) is 6.08 Å². The van der Waals surface area contributed by atoms with Crippen molar-refractivity contribution in [1.82, 2.24) is 5.32 Å². The van der Waals surface area contributed by atoms with Gasteiger partial charge in [-0.05, 0) is 78.8 Å². The molecule has 1 aliphatic carbocycles. The Morgan fingerprint density at radius 1 is 1.06 bits per heavy atom.